The lowest BCUT2D eigenvalue weighted by molar-refractivity contribution is -0.123. The average Bonchev–Trinajstić information content (AvgIpc) is 2.90. The predicted molar refractivity (Wildman–Crippen MR) is 111 cm³/mol. The van der Waals surface area contributed by atoms with Crippen LogP contribution in [0, 0.1) is 19.8 Å². The minimum atomic E-state index is -3.62. The van der Waals surface area contributed by atoms with E-state index in [-0.39, 0.29) is 23.4 Å². The molecule has 2 rings (SSSR count). The van der Waals surface area contributed by atoms with E-state index in [1.165, 1.54) is 15.4 Å². The van der Waals surface area contributed by atoms with E-state index < -0.39 is 10.0 Å². The molecule has 8 heteroatoms. The fourth-order valence-corrected chi connectivity index (χ4v) is 6.10. The Kier molecular flexibility index (Phi) is 8.07. The largest absolute Gasteiger partial charge is 0.351 e. The van der Waals surface area contributed by atoms with Crippen molar-refractivity contribution < 1.29 is 13.2 Å². The molecule has 1 N–H and O–H groups in total. The van der Waals surface area contributed by atoms with E-state index in [0.29, 0.717) is 30.4 Å². The van der Waals surface area contributed by atoms with Crippen LogP contribution in [0.5, 0.6) is 0 Å². The van der Waals surface area contributed by atoms with E-state index in [9.17, 15) is 13.2 Å². The highest BCUT2D eigenvalue weighted by molar-refractivity contribution is 7.89. The molecule has 1 aromatic heterocycles. The van der Waals surface area contributed by atoms with Crippen LogP contribution in [0.4, 0.5) is 0 Å². The number of aryl methyl sites for hydroxylation is 1. The maximum Gasteiger partial charge on any atom is 0.246 e. The Morgan fingerprint density at radius 2 is 1.79 bits per heavy atom. The molecule has 1 heterocycles. The zero-order valence-electron chi connectivity index (χ0n) is 18.0. The van der Waals surface area contributed by atoms with Gasteiger partial charge in [-0.1, -0.05) is 33.6 Å². The molecule has 1 aliphatic carbocycles. The highest BCUT2D eigenvalue weighted by Crippen LogP contribution is 2.25. The summed E-state index contributed by atoms with van der Waals surface area (Å²) in [7, 11) is -3.62. The second kappa shape index (κ2) is 9.87. The van der Waals surface area contributed by atoms with Crippen molar-refractivity contribution >= 4 is 15.9 Å². The van der Waals surface area contributed by atoms with Gasteiger partial charge in [0.1, 0.15) is 11.4 Å². The van der Waals surface area contributed by atoms with Crippen LogP contribution < -0.4 is 5.32 Å². The Balaban J connectivity index is 2.19. The van der Waals surface area contributed by atoms with Gasteiger partial charge in [0.25, 0.3) is 0 Å². The second-order valence-corrected chi connectivity index (χ2v) is 9.87. The highest BCUT2D eigenvalue weighted by atomic mass is 32.2. The van der Waals surface area contributed by atoms with Crippen LogP contribution in [0.2, 0.25) is 0 Å². The summed E-state index contributed by atoms with van der Waals surface area (Å²) in [6, 6.07) is 0.200. The molecular weight excluding hydrogens is 376 g/mol. The lowest BCUT2D eigenvalue weighted by Gasteiger charge is -2.29. The Morgan fingerprint density at radius 3 is 2.36 bits per heavy atom. The van der Waals surface area contributed by atoms with Crippen LogP contribution in [0.3, 0.4) is 0 Å². The molecular formula is C20H36N4O3S. The van der Waals surface area contributed by atoms with E-state index in [1.54, 1.807) is 13.8 Å². The molecule has 1 aliphatic rings. The molecule has 1 saturated carbocycles. The van der Waals surface area contributed by atoms with Crippen molar-refractivity contribution in [2.24, 2.45) is 5.92 Å². The number of nitrogens with one attached hydrogen (secondary N) is 1. The fourth-order valence-electron chi connectivity index (χ4n) is 4.11. The molecule has 0 radical (unpaired) electrons. The number of aromatic nitrogens is 2. The highest BCUT2D eigenvalue weighted by Gasteiger charge is 2.31. The molecule has 0 aliphatic heterocycles. The fraction of sp³-hybridized carbons (Fsp3) is 0.800. The molecule has 1 amide bonds. The number of hydrogen-bond donors (Lipinski definition) is 1. The Hall–Kier alpha value is -1.41. The van der Waals surface area contributed by atoms with Gasteiger partial charge in [0.2, 0.25) is 15.9 Å². The number of carbonyl (C=O) groups is 1. The monoisotopic (exact) mass is 412 g/mol. The summed E-state index contributed by atoms with van der Waals surface area (Å²) in [5.41, 5.74) is 0.982. The topological polar surface area (TPSA) is 84.3 Å². The first kappa shape index (κ1) is 22.9. The molecule has 2 atom stereocenters. The van der Waals surface area contributed by atoms with Gasteiger partial charge in [-0.25, -0.2) is 8.42 Å². The molecule has 0 unspecified atom stereocenters. The minimum Gasteiger partial charge on any atom is -0.351 e. The quantitative estimate of drug-likeness (QED) is 0.676. The number of carbonyl (C=O) groups excluding carboxylic acids is 1. The summed E-state index contributed by atoms with van der Waals surface area (Å²) in [4.78, 5) is 12.8. The Bertz CT molecular complexity index is 767. The zero-order valence-corrected chi connectivity index (χ0v) is 18.8. The van der Waals surface area contributed by atoms with Crippen molar-refractivity contribution in [1.82, 2.24) is 19.4 Å². The van der Waals surface area contributed by atoms with Crippen LogP contribution >= 0.6 is 0 Å². The van der Waals surface area contributed by atoms with Gasteiger partial charge in [-0.3, -0.25) is 9.48 Å². The van der Waals surface area contributed by atoms with Crippen LogP contribution in [-0.2, 0) is 21.4 Å². The van der Waals surface area contributed by atoms with Crippen molar-refractivity contribution in [1.29, 1.82) is 0 Å². The van der Waals surface area contributed by atoms with E-state index in [0.717, 1.165) is 32.1 Å². The Morgan fingerprint density at radius 1 is 1.18 bits per heavy atom. The average molecular weight is 413 g/mol. The lowest BCUT2D eigenvalue weighted by atomic mass is 9.86. The third kappa shape index (κ3) is 5.14. The van der Waals surface area contributed by atoms with Crippen molar-refractivity contribution in [3.05, 3.63) is 11.4 Å². The molecule has 0 saturated heterocycles. The van der Waals surface area contributed by atoms with Crippen molar-refractivity contribution in [3.63, 3.8) is 0 Å². The zero-order chi connectivity index (χ0) is 20.9. The SMILES string of the molecule is CCCN(CCC)S(=O)(=O)c1c(C)nn(CC(=O)N[C@@H]2CCCC[C@H]2C)c1C. The summed E-state index contributed by atoms with van der Waals surface area (Å²) >= 11 is 0. The van der Waals surface area contributed by atoms with Crippen LogP contribution in [-0.4, -0.2) is 47.5 Å². The first-order valence-electron chi connectivity index (χ1n) is 10.6. The second-order valence-electron chi connectivity index (χ2n) is 8.00. The van der Waals surface area contributed by atoms with Gasteiger partial charge in [0.05, 0.1) is 11.4 Å². The third-order valence-corrected chi connectivity index (χ3v) is 7.76. The molecule has 1 fully saturated rings. The van der Waals surface area contributed by atoms with Crippen molar-refractivity contribution in [2.75, 3.05) is 13.1 Å². The van der Waals surface area contributed by atoms with E-state index in [1.807, 2.05) is 13.8 Å². The van der Waals surface area contributed by atoms with E-state index in [2.05, 4.69) is 17.3 Å². The molecule has 0 spiro atoms. The molecule has 1 aromatic rings. The van der Waals surface area contributed by atoms with Gasteiger partial charge < -0.3 is 5.32 Å². The minimum absolute atomic E-state index is 0.0486. The van der Waals surface area contributed by atoms with Crippen LogP contribution in [0.25, 0.3) is 0 Å². The van der Waals surface area contributed by atoms with Gasteiger partial charge in [-0.15, -0.1) is 0 Å². The summed E-state index contributed by atoms with van der Waals surface area (Å²) in [5, 5.41) is 7.50. The van der Waals surface area contributed by atoms with Crippen molar-refractivity contribution in [2.45, 2.75) is 90.6 Å². The molecule has 0 aromatic carbocycles. The van der Waals surface area contributed by atoms with Gasteiger partial charge in [0.15, 0.2) is 0 Å². The maximum absolute atomic E-state index is 13.2. The number of nitrogens with zero attached hydrogens (tertiary/aromatic N) is 3. The maximum atomic E-state index is 13.2. The number of hydrogen-bond acceptors (Lipinski definition) is 4. The van der Waals surface area contributed by atoms with Gasteiger partial charge in [-0.05, 0) is 45.4 Å². The Labute approximate surface area is 169 Å². The summed E-state index contributed by atoms with van der Waals surface area (Å²) in [6.07, 6.45) is 6.02. The molecule has 28 heavy (non-hydrogen) atoms. The summed E-state index contributed by atoms with van der Waals surface area (Å²) in [6.45, 7) is 10.6. The third-order valence-electron chi connectivity index (χ3n) is 5.61. The first-order valence-corrected chi connectivity index (χ1v) is 12.0. The normalized spacial score (nSPS) is 20.5. The smallest absolute Gasteiger partial charge is 0.246 e. The van der Waals surface area contributed by atoms with E-state index in [4.69, 9.17) is 0 Å². The van der Waals surface area contributed by atoms with E-state index >= 15 is 0 Å². The van der Waals surface area contributed by atoms with Crippen molar-refractivity contribution in [3.8, 4) is 0 Å². The van der Waals surface area contributed by atoms with Crippen LogP contribution in [0.1, 0.15) is 70.7 Å². The number of amides is 1. The molecule has 160 valence electrons. The molecule has 0 bridgehead atoms. The van der Waals surface area contributed by atoms with Gasteiger partial charge in [-0.2, -0.15) is 9.40 Å². The standard InChI is InChI=1S/C20H36N4O3S/c1-6-12-23(13-7-2)28(26,27)20-16(4)22-24(17(20)5)14-19(25)21-18-11-9-8-10-15(18)3/h15,18H,6-14H2,1-5H3,(H,21,25)/t15-,18-/m1/s1. The summed E-state index contributed by atoms with van der Waals surface area (Å²) in [5.74, 6) is 0.373. The first-order chi connectivity index (χ1) is 13.2. The van der Waals surface area contributed by atoms with Gasteiger partial charge in [0, 0.05) is 19.1 Å². The molecule has 7 nitrogen and oxygen atoms in total. The number of sulfonamides is 1. The lowest BCUT2D eigenvalue weighted by Crippen LogP contribution is -2.42. The number of rotatable bonds is 9. The predicted octanol–water partition coefficient (Wildman–Crippen LogP) is 3.01. The summed E-state index contributed by atoms with van der Waals surface area (Å²) < 4.78 is 29.4. The van der Waals surface area contributed by atoms with Gasteiger partial charge >= 0.3 is 0 Å². The van der Waals surface area contributed by atoms with Crippen LogP contribution in [0.15, 0.2) is 4.90 Å².